The van der Waals surface area contributed by atoms with E-state index in [1.165, 1.54) is 56.4 Å². The molecule has 0 radical (unpaired) electrons. The summed E-state index contributed by atoms with van der Waals surface area (Å²) in [5.41, 5.74) is 4.86. The van der Waals surface area contributed by atoms with Crippen LogP contribution >= 0.6 is 0 Å². The molecule has 1 fully saturated rings. The number of rotatable bonds is 3. The Morgan fingerprint density at radius 3 is 3.00 bits per heavy atom. The van der Waals surface area contributed by atoms with E-state index in [-0.39, 0.29) is 0 Å². The molecule has 0 bridgehead atoms. The summed E-state index contributed by atoms with van der Waals surface area (Å²) in [6.45, 7) is 4.69. The fourth-order valence-electron chi connectivity index (χ4n) is 3.57. The second-order valence-electron chi connectivity index (χ2n) is 5.98. The maximum Gasteiger partial charge on any atom is 0.0397 e. The molecule has 0 amide bonds. The molecule has 2 aliphatic rings. The molecule has 0 aromatic heterocycles. The van der Waals surface area contributed by atoms with Gasteiger partial charge in [-0.15, -0.1) is 0 Å². The summed E-state index contributed by atoms with van der Waals surface area (Å²) in [5, 5.41) is 3.73. The van der Waals surface area contributed by atoms with Gasteiger partial charge in [-0.1, -0.05) is 19.1 Å². The van der Waals surface area contributed by atoms with Crippen molar-refractivity contribution in [1.82, 2.24) is 5.32 Å². The summed E-state index contributed by atoms with van der Waals surface area (Å²) in [5.74, 6) is 0. The van der Waals surface area contributed by atoms with E-state index in [1.54, 1.807) is 5.56 Å². The monoisotopic (exact) mass is 244 g/mol. The second-order valence-corrected chi connectivity index (χ2v) is 5.98. The normalized spacial score (nSPS) is 26.7. The highest BCUT2D eigenvalue weighted by molar-refractivity contribution is 5.58. The lowest BCUT2D eigenvalue weighted by Crippen LogP contribution is -2.41. The third kappa shape index (κ3) is 2.03. The van der Waals surface area contributed by atoms with Crippen LogP contribution in [-0.2, 0) is 12.8 Å². The van der Waals surface area contributed by atoms with Crippen LogP contribution in [-0.4, -0.2) is 25.7 Å². The van der Waals surface area contributed by atoms with Crippen LogP contribution in [0.4, 0.5) is 5.69 Å². The first kappa shape index (κ1) is 12.0. The Hall–Kier alpha value is -1.02. The minimum Gasteiger partial charge on any atom is -0.374 e. The van der Waals surface area contributed by atoms with Gasteiger partial charge in [0.05, 0.1) is 0 Å². The maximum absolute atomic E-state index is 3.73. The highest BCUT2D eigenvalue weighted by Crippen LogP contribution is 2.31. The standard InChI is InChI=1S/C16H24N2/c1-3-16(8-4-9-17-16)12-13-5-6-15-14(11-13)7-10-18(15)2/h5-6,11,17H,3-4,7-10,12H2,1-2H3. The summed E-state index contributed by atoms with van der Waals surface area (Å²) in [6, 6.07) is 7.09. The van der Waals surface area contributed by atoms with Crippen LogP contribution in [0.2, 0.25) is 0 Å². The molecule has 1 unspecified atom stereocenters. The predicted octanol–water partition coefficient (Wildman–Crippen LogP) is 2.75. The van der Waals surface area contributed by atoms with Gasteiger partial charge in [0.15, 0.2) is 0 Å². The third-order valence-corrected chi connectivity index (χ3v) is 4.82. The number of hydrogen-bond donors (Lipinski definition) is 1. The van der Waals surface area contributed by atoms with Crippen molar-refractivity contribution in [3.63, 3.8) is 0 Å². The molecule has 2 nitrogen and oxygen atoms in total. The Morgan fingerprint density at radius 2 is 2.28 bits per heavy atom. The van der Waals surface area contributed by atoms with Gasteiger partial charge in [0.25, 0.3) is 0 Å². The van der Waals surface area contributed by atoms with Crippen LogP contribution < -0.4 is 10.2 Å². The van der Waals surface area contributed by atoms with Gasteiger partial charge in [0, 0.05) is 24.8 Å². The van der Waals surface area contributed by atoms with E-state index in [0.29, 0.717) is 5.54 Å². The first-order chi connectivity index (χ1) is 8.72. The largest absolute Gasteiger partial charge is 0.374 e. The molecule has 1 aromatic carbocycles. The number of anilines is 1. The van der Waals surface area contributed by atoms with Crippen molar-refractivity contribution in [2.24, 2.45) is 0 Å². The summed E-state index contributed by atoms with van der Waals surface area (Å²) >= 11 is 0. The van der Waals surface area contributed by atoms with E-state index in [2.05, 4.69) is 42.4 Å². The van der Waals surface area contributed by atoms with E-state index in [1.807, 2.05) is 0 Å². The fourth-order valence-corrected chi connectivity index (χ4v) is 3.57. The zero-order valence-corrected chi connectivity index (χ0v) is 11.6. The zero-order chi connectivity index (χ0) is 12.6. The lowest BCUT2D eigenvalue weighted by molar-refractivity contribution is 0.360. The van der Waals surface area contributed by atoms with E-state index in [0.717, 1.165) is 0 Å². The summed E-state index contributed by atoms with van der Waals surface area (Å²) < 4.78 is 0. The number of likely N-dealkylation sites (N-methyl/N-ethyl adjacent to an activating group) is 1. The molecule has 98 valence electrons. The Bertz CT molecular complexity index is 433. The van der Waals surface area contributed by atoms with Crippen LogP contribution in [0.5, 0.6) is 0 Å². The summed E-state index contributed by atoms with van der Waals surface area (Å²) in [7, 11) is 2.19. The van der Waals surface area contributed by atoms with Gasteiger partial charge in [-0.05, 0) is 55.8 Å². The molecule has 1 N–H and O–H groups in total. The zero-order valence-electron chi connectivity index (χ0n) is 11.6. The first-order valence-electron chi connectivity index (χ1n) is 7.30. The quantitative estimate of drug-likeness (QED) is 0.879. The van der Waals surface area contributed by atoms with Gasteiger partial charge in [-0.25, -0.2) is 0 Å². The SMILES string of the molecule is CCC1(Cc2ccc3c(c2)CCN3C)CCCN1. The van der Waals surface area contributed by atoms with Gasteiger partial charge in [0.1, 0.15) is 0 Å². The molecule has 3 rings (SSSR count). The van der Waals surface area contributed by atoms with Crippen molar-refractivity contribution in [3.8, 4) is 0 Å². The van der Waals surface area contributed by atoms with E-state index in [9.17, 15) is 0 Å². The fraction of sp³-hybridized carbons (Fsp3) is 0.625. The second kappa shape index (κ2) is 4.58. The number of hydrogen-bond acceptors (Lipinski definition) is 2. The van der Waals surface area contributed by atoms with Crippen molar-refractivity contribution in [1.29, 1.82) is 0 Å². The Kier molecular flexibility index (Phi) is 3.06. The maximum atomic E-state index is 3.73. The first-order valence-corrected chi connectivity index (χ1v) is 7.30. The highest BCUT2D eigenvalue weighted by Gasteiger charge is 2.31. The van der Waals surface area contributed by atoms with Crippen molar-refractivity contribution in [2.75, 3.05) is 25.0 Å². The molecule has 18 heavy (non-hydrogen) atoms. The van der Waals surface area contributed by atoms with Crippen molar-refractivity contribution < 1.29 is 0 Å². The lowest BCUT2D eigenvalue weighted by Gasteiger charge is -2.28. The topological polar surface area (TPSA) is 15.3 Å². The molecular weight excluding hydrogens is 220 g/mol. The molecule has 2 aliphatic heterocycles. The van der Waals surface area contributed by atoms with Gasteiger partial charge in [-0.3, -0.25) is 0 Å². The number of nitrogens with one attached hydrogen (secondary N) is 1. The Labute approximate surface area is 110 Å². The molecular formula is C16H24N2. The van der Waals surface area contributed by atoms with Gasteiger partial charge in [-0.2, -0.15) is 0 Å². The predicted molar refractivity (Wildman–Crippen MR) is 77.4 cm³/mol. The van der Waals surface area contributed by atoms with Crippen molar-refractivity contribution >= 4 is 5.69 Å². The van der Waals surface area contributed by atoms with E-state index >= 15 is 0 Å². The van der Waals surface area contributed by atoms with Gasteiger partial charge in [0.2, 0.25) is 0 Å². The van der Waals surface area contributed by atoms with Gasteiger partial charge < -0.3 is 10.2 Å². The molecule has 0 saturated carbocycles. The van der Waals surface area contributed by atoms with Crippen molar-refractivity contribution in [2.45, 2.75) is 44.6 Å². The minimum absolute atomic E-state index is 0.374. The van der Waals surface area contributed by atoms with Crippen LogP contribution in [0.25, 0.3) is 0 Å². The van der Waals surface area contributed by atoms with Crippen LogP contribution in [0.3, 0.4) is 0 Å². The van der Waals surface area contributed by atoms with E-state index in [4.69, 9.17) is 0 Å². The highest BCUT2D eigenvalue weighted by atomic mass is 15.1. The molecule has 0 spiro atoms. The van der Waals surface area contributed by atoms with Crippen LogP contribution in [0.15, 0.2) is 18.2 Å². The van der Waals surface area contributed by atoms with Crippen LogP contribution in [0, 0.1) is 0 Å². The number of fused-ring (bicyclic) bond motifs is 1. The summed E-state index contributed by atoms with van der Waals surface area (Å²) in [6.07, 6.45) is 6.32. The molecule has 1 saturated heterocycles. The number of nitrogens with zero attached hydrogens (tertiary/aromatic N) is 1. The average molecular weight is 244 g/mol. The average Bonchev–Trinajstić information content (AvgIpc) is 2.98. The molecule has 0 aliphatic carbocycles. The molecule has 1 aromatic rings. The third-order valence-electron chi connectivity index (χ3n) is 4.82. The van der Waals surface area contributed by atoms with E-state index < -0.39 is 0 Å². The smallest absolute Gasteiger partial charge is 0.0397 e. The Morgan fingerprint density at radius 1 is 1.39 bits per heavy atom. The summed E-state index contributed by atoms with van der Waals surface area (Å²) in [4.78, 5) is 2.36. The Balaban J connectivity index is 1.81. The number of benzene rings is 1. The molecule has 2 heterocycles. The van der Waals surface area contributed by atoms with Gasteiger partial charge >= 0.3 is 0 Å². The van der Waals surface area contributed by atoms with Crippen molar-refractivity contribution in [3.05, 3.63) is 29.3 Å². The minimum atomic E-state index is 0.374. The lowest BCUT2D eigenvalue weighted by atomic mass is 9.86. The molecule has 2 heteroatoms. The van der Waals surface area contributed by atoms with Crippen LogP contribution in [0.1, 0.15) is 37.3 Å². The molecule has 1 atom stereocenters.